The molecule has 4 rings (SSSR count). The first-order chi connectivity index (χ1) is 15.2. The van der Waals surface area contributed by atoms with Gasteiger partial charge in [-0.1, -0.05) is 12.1 Å². The van der Waals surface area contributed by atoms with Crippen molar-refractivity contribution >= 4 is 23.0 Å². The van der Waals surface area contributed by atoms with Gasteiger partial charge in [-0.3, -0.25) is 9.69 Å². The van der Waals surface area contributed by atoms with Crippen LogP contribution in [-0.2, 0) is 16.1 Å². The first kappa shape index (κ1) is 21.6. The molecule has 0 aliphatic carbocycles. The van der Waals surface area contributed by atoms with Gasteiger partial charge in [-0.25, -0.2) is 0 Å². The topological polar surface area (TPSA) is 60.1 Å². The maximum atomic E-state index is 12.2. The Morgan fingerprint density at radius 2 is 1.48 bits per heavy atom. The third-order valence-electron chi connectivity index (χ3n) is 5.94. The number of likely N-dealkylation sites (N-methyl/N-ethyl adjacent to an activating group) is 1. The van der Waals surface area contributed by atoms with Crippen LogP contribution in [0.25, 0.3) is 0 Å². The summed E-state index contributed by atoms with van der Waals surface area (Å²) in [5.41, 5.74) is 4.42. The van der Waals surface area contributed by atoms with E-state index in [1.807, 2.05) is 0 Å². The van der Waals surface area contributed by atoms with Gasteiger partial charge in [0.25, 0.3) is 0 Å². The Balaban J connectivity index is 1.22. The lowest BCUT2D eigenvalue weighted by Crippen LogP contribution is -2.48. The van der Waals surface area contributed by atoms with Gasteiger partial charge in [0.15, 0.2) is 0 Å². The largest absolute Gasteiger partial charge is 0.378 e. The number of carbonyl (C=O) groups is 1. The second-order valence-corrected chi connectivity index (χ2v) is 8.32. The summed E-state index contributed by atoms with van der Waals surface area (Å²) in [6.07, 6.45) is 0. The van der Waals surface area contributed by atoms with E-state index in [0.29, 0.717) is 13.1 Å². The Bertz CT molecular complexity index is 826. The number of hydrogen-bond acceptors (Lipinski definition) is 6. The van der Waals surface area contributed by atoms with Gasteiger partial charge in [0.1, 0.15) is 0 Å². The molecular formula is C24H33N5O2. The summed E-state index contributed by atoms with van der Waals surface area (Å²) in [6, 6.07) is 16.7. The lowest BCUT2D eigenvalue weighted by Gasteiger charge is -2.31. The van der Waals surface area contributed by atoms with Crippen molar-refractivity contribution in [3.63, 3.8) is 0 Å². The number of benzene rings is 2. The molecule has 0 saturated carbocycles. The fourth-order valence-corrected chi connectivity index (χ4v) is 3.92. The normalized spacial score (nSPS) is 18.0. The van der Waals surface area contributed by atoms with Crippen LogP contribution < -0.4 is 15.5 Å². The number of nitrogens with zero attached hydrogens (tertiary/aromatic N) is 3. The lowest BCUT2D eigenvalue weighted by atomic mass is 10.2. The van der Waals surface area contributed by atoms with E-state index in [9.17, 15) is 4.79 Å². The Labute approximate surface area is 185 Å². The van der Waals surface area contributed by atoms with E-state index in [4.69, 9.17) is 4.74 Å². The number of amides is 1. The number of anilines is 3. The van der Waals surface area contributed by atoms with Gasteiger partial charge >= 0.3 is 0 Å². The van der Waals surface area contributed by atoms with Crippen molar-refractivity contribution in [3.05, 3.63) is 54.1 Å². The highest BCUT2D eigenvalue weighted by Gasteiger charge is 2.16. The number of ether oxygens (including phenoxy) is 1. The zero-order valence-corrected chi connectivity index (χ0v) is 18.3. The van der Waals surface area contributed by atoms with Gasteiger partial charge in [-0.15, -0.1) is 0 Å². The minimum absolute atomic E-state index is 0.0899. The molecule has 0 atom stereocenters. The zero-order valence-electron chi connectivity index (χ0n) is 18.3. The van der Waals surface area contributed by atoms with E-state index in [1.54, 1.807) is 0 Å². The lowest BCUT2D eigenvalue weighted by molar-refractivity contribution is -0.122. The zero-order chi connectivity index (χ0) is 21.5. The van der Waals surface area contributed by atoms with E-state index in [-0.39, 0.29) is 5.91 Å². The SMILES string of the molecule is CN1CCN(CC(=O)NCc2ccc(Nc3ccc(N4CCOCC4)cc3)cc2)CC1. The minimum atomic E-state index is 0.0899. The molecule has 2 N–H and O–H groups in total. The van der Waals surface area contributed by atoms with Gasteiger partial charge in [0.2, 0.25) is 5.91 Å². The van der Waals surface area contributed by atoms with Crippen molar-refractivity contribution in [2.24, 2.45) is 0 Å². The number of hydrogen-bond donors (Lipinski definition) is 2. The fourth-order valence-electron chi connectivity index (χ4n) is 3.92. The van der Waals surface area contributed by atoms with Crippen molar-refractivity contribution in [2.75, 3.05) is 76.3 Å². The molecule has 166 valence electrons. The molecule has 0 unspecified atom stereocenters. The van der Waals surface area contributed by atoms with Crippen molar-refractivity contribution in [1.82, 2.24) is 15.1 Å². The third kappa shape index (κ3) is 6.43. The van der Waals surface area contributed by atoms with Crippen molar-refractivity contribution in [2.45, 2.75) is 6.54 Å². The van der Waals surface area contributed by atoms with Gasteiger partial charge in [0, 0.05) is 62.9 Å². The van der Waals surface area contributed by atoms with Crippen LogP contribution in [0.3, 0.4) is 0 Å². The summed E-state index contributed by atoms with van der Waals surface area (Å²) in [4.78, 5) is 19.1. The molecule has 7 heteroatoms. The Morgan fingerprint density at radius 3 is 2.13 bits per heavy atom. The molecule has 2 aliphatic heterocycles. The molecule has 0 spiro atoms. The maximum Gasteiger partial charge on any atom is 0.234 e. The molecule has 31 heavy (non-hydrogen) atoms. The molecule has 1 amide bonds. The summed E-state index contributed by atoms with van der Waals surface area (Å²) in [6.45, 7) is 8.48. The maximum absolute atomic E-state index is 12.2. The molecule has 0 radical (unpaired) electrons. The standard InChI is InChI=1S/C24H33N5O2/c1-27-10-12-28(13-11-27)19-24(30)25-18-20-2-4-21(5-3-20)26-22-6-8-23(9-7-22)29-14-16-31-17-15-29/h2-9,26H,10-19H2,1H3,(H,25,30). The fraction of sp³-hybridized carbons (Fsp3) is 0.458. The summed E-state index contributed by atoms with van der Waals surface area (Å²) in [5.74, 6) is 0.0899. The van der Waals surface area contributed by atoms with Crippen molar-refractivity contribution < 1.29 is 9.53 Å². The second kappa shape index (κ2) is 10.6. The Kier molecular flexibility index (Phi) is 7.40. The Hall–Kier alpha value is -2.61. The Morgan fingerprint density at radius 1 is 0.871 bits per heavy atom. The highest BCUT2D eigenvalue weighted by molar-refractivity contribution is 5.78. The van der Waals surface area contributed by atoms with Crippen LogP contribution in [0.5, 0.6) is 0 Å². The summed E-state index contributed by atoms with van der Waals surface area (Å²) >= 11 is 0. The highest BCUT2D eigenvalue weighted by atomic mass is 16.5. The van der Waals surface area contributed by atoms with E-state index < -0.39 is 0 Å². The van der Waals surface area contributed by atoms with Crippen LogP contribution in [0.1, 0.15) is 5.56 Å². The smallest absolute Gasteiger partial charge is 0.234 e. The predicted molar refractivity (Wildman–Crippen MR) is 125 cm³/mol. The third-order valence-corrected chi connectivity index (χ3v) is 5.94. The van der Waals surface area contributed by atoms with E-state index in [2.05, 4.69) is 80.9 Å². The van der Waals surface area contributed by atoms with Gasteiger partial charge in [-0.05, 0) is 49.0 Å². The van der Waals surface area contributed by atoms with Crippen LogP contribution >= 0.6 is 0 Å². The number of carbonyl (C=O) groups excluding carboxylic acids is 1. The summed E-state index contributed by atoms with van der Waals surface area (Å²) < 4.78 is 5.42. The van der Waals surface area contributed by atoms with E-state index in [0.717, 1.165) is 69.4 Å². The molecular weight excluding hydrogens is 390 g/mol. The average molecular weight is 424 g/mol. The first-order valence-corrected chi connectivity index (χ1v) is 11.1. The second-order valence-electron chi connectivity index (χ2n) is 8.32. The van der Waals surface area contributed by atoms with Crippen LogP contribution in [0.4, 0.5) is 17.1 Å². The summed E-state index contributed by atoms with van der Waals surface area (Å²) in [5, 5.41) is 6.48. The van der Waals surface area contributed by atoms with Crippen LogP contribution in [-0.4, -0.2) is 81.8 Å². The molecule has 2 aliphatic rings. The quantitative estimate of drug-likeness (QED) is 0.712. The van der Waals surface area contributed by atoms with E-state index >= 15 is 0 Å². The first-order valence-electron chi connectivity index (χ1n) is 11.1. The van der Waals surface area contributed by atoms with E-state index in [1.165, 1.54) is 5.69 Å². The van der Waals surface area contributed by atoms with Crippen LogP contribution in [0.15, 0.2) is 48.5 Å². The minimum Gasteiger partial charge on any atom is -0.378 e. The number of nitrogens with one attached hydrogen (secondary N) is 2. The molecule has 0 bridgehead atoms. The molecule has 2 fully saturated rings. The molecule has 2 aromatic rings. The van der Waals surface area contributed by atoms with Crippen molar-refractivity contribution in [1.29, 1.82) is 0 Å². The molecule has 2 saturated heterocycles. The number of morpholine rings is 1. The number of rotatable bonds is 7. The van der Waals surface area contributed by atoms with Crippen molar-refractivity contribution in [3.8, 4) is 0 Å². The van der Waals surface area contributed by atoms with Gasteiger partial charge < -0.3 is 25.2 Å². The van der Waals surface area contributed by atoms with Gasteiger partial charge in [0.05, 0.1) is 19.8 Å². The summed E-state index contributed by atoms with van der Waals surface area (Å²) in [7, 11) is 2.12. The number of piperazine rings is 1. The molecule has 2 aromatic carbocycles. The average Bonchev–Trinajstić information content (AvgIpc) is 2.81. The van der Waals surface area contributed by atoms with Crippen LogP contribution in [0, 0.1) is 0 Å². The monoisotopic (exact) mass is 423 g/mol. The van der Waals surface area contributed by atoms with Crippen LogP contribution in [0.2, 0.25) is 0 Å². The molecule has 7 nitrogen and oxygen atoms in total. The molecule has 2 heterocycles. The van der Waals surface area contributed by atoms with Gasteiger partial charge in [-0.2, -0.15) is 0 Å². The predicted octanol–water partition coefficient (Wildman–Crippen LogP) is 2.13. The highest BCUT2D eigenvalue weighted by Crippen LogP contribution is 2.22. The molecule has 0 aromatic heterocycles.